The Kier molecular flexibility index (Phi) is 3.82. The highest BCUT2D eigenvalue weighted by molar-refractivity contribution is 6.29. The Balaban J connectivity index is 1.94. The number of amides is 1. The molecule has 0 aliphatic heterocycles. The first kappa shape index (κ1) is 14.8. The number of halogens is 1. The van der Waals surface area contributed by atoms with E-state index in [1.165, 1.54) is 24.6 Å². The van der Waals surface area contributed by atoms with E-state index in [-0.39, 0.29) is 22.6 Å². The zero-order valence-electron chi connectivity index (χ0n) is 11.7. The molecule has 0 bridgehead atoms. The van der Waals surface area contributed by atoms with Crippen LogP contribution in [0.15, 0.2) is 41.1 Å². The molecule has 3 heterocycles. The molecule has 0 spiro atoms. The van der Waals surface area contributed by atoms with Crippen molar-refractivity contribution >= 4 is 35.0 Å². The Morgan fingerprint density at radius 2 is 2.04 bits per heavy atom. The van der Waals surface area contributed by atoms with Gasteiger partial charge in [-0.3, -0.25) is 4.79 Å². The standard InChI is InChI=1S/C14H11ClN6O2/c15-9-4-3-7(6-18-9)13(22)20-12-10(16)11(19-14(17)21-12)8-2-1-5-23-8/h1-6H,16H2,(H3,17,19,20,21,22). The summed E-state index contributed by atoms with van der Waals surface area (Å²) in [5.41, 5.74) is 12.4. The lowest BCUT2D eigenvalue weighted by Gasteiger charge is -2.10. The number of pyridine rings is 1. The zero-order chi connectivity index (χ0) is 16.4. The maximum Gasteiger partial charge on any atom is 0.258 e. The van der Waals surface area contributed by atoms with Crippen molar-refractivity contribution in [2.45, 2.75) is 0 Å². The van der Waals surface area contributed by atoms with E-state index in [4.69, 9.17) is 27.5 Å². The van der Waals surface area contributed by atoms with Gasteiger partial charge in [-0.15, -0.1) is 0 Å². The Labute approximate surface area is 135 Å². The summed E-state index contributed by atoms with van der Waals surface area (Å²) in [7, 11) is 0. The Morgan fingerprint density at radius 1 is 1.22 bits per heavy atom. The van der Waals surface area contributed by atoms with Crippen LogP contribution in [0.5, 0.6) is 0 Å². The molecule has 9 heteroatoms. The van der Waals surface area contributed by atoms with Crippen molar-refractivity contribution in [2.24, 2.45) is 0 Å². The van der Waals surface area contributed by atoms with Gasteiger partial charge >= 0.3 is 0 Å². The third-order valence-corrected chi connectivity index (χ3v) is 3.16. The van der Waals surface area contributed by atoms with Crippen LogP contribution in [0.1, 0.15) is 10.4 Å². The van der Waals surface area contributed by atoms with Crippen molar-refractivity contribution in [1.82, 2.24) is 15.0 Å². The summed E-state index contributed by atoms with van der Waals surface area (Å²) in [6.45, 7) is 0. The number of carbonyl (C=O) groups is 1. The smallest absolute Gasteiger partial charge is 0.258 e. The van der Waals surface area contributed by atoms with Crippen LogP contribution in [-0.2, 0) is 0 Å². The molecule has 0 aliphatic rings. The second-order valence-corrected chi connectivity index (χ2v) is 4.88. The number of rotatable bonds is 3. The van der Waals surface area contributed by atoms with Crippen LogP contribution >= 0.6 is 11.6 Å². The molecule has 1 amide bonds. The molecular formula is C14H11ClN6O2. The molecule has 0 radical (unpaired) electrons. The highest BCUT2D eigenvalue weighted by Gasteiger charge is 2.17. The summed E-state index contributed by atoms with van der Waals surface area (Å²) in [6.07, 6.45) is 2.82. The van der Waals surface area contributed by atoms with E-state index in [1.54, 1.807) is 12.1 Å². The summed E-state index contributed by atoms with van der Waals surface area (Å²) in [6, 6.07) is 6.39. The van der Waals surface area contributed by atoms with Crippen molar-refractivity contribution in [3.05, 3.63) is 47.4 Å². The highest BCUT2D eigenvalue weighted by Crippen LogP contribution is 2.30. The normalized spacial score (nSPS) is 10.5. The quantitative estimate of drug-likeness (QED) is 0.627. The maximum atomic E-state index is 12.2. The molecule has 3 aromatic rings. The lowest BCUT2D eigenvalue weighted by atomic mass is 10.2. The second kappa shape index (κ2) is 5.93. The van der Waals surface area contributed by atoms with E-state index in [9.17, 15) is 4.79 Å². The fraction of sp³-hybridized carbons (Fsp3) is 0. The Morgan fingerprint density at radius 3 is 2.70 bits per heavy atom. The lowest BCUT2D eigenvalue weighted by Crippen LogP contribution is -2.16. The van der Waals surface area contributed by atoms with E-state index < -0.39 is 5.91 Å². The summed E-state index contributed by atoms with van der Waals surface area (Å²) in [5, 5.41) is 2.85. The van der Waals surface area contributed by atoms with Crippen molar-refractivity contribution in [2.75, 3.05) is 16.8 Å². The predicted molar refractivity (Wildman–Crippen MR) is 85.8 cm³/mol. The van der Waals surface area contributed by atoms with Crippen molar-refractivity contribution in [3.8, 4) is 11.5 Å². The molecule has 8 nitrogen and oxygen atoms in total. The predicted octanol–water partition coefficient (Wildman–Crippen LogP) is 2.20. The molecule has 0 unspecified atom stereocenters. The van der Waals surface area contributed by atoms with E-state index >= 15 is 0 Å². The number of nitrogen functional groups attached to an aromatic ring is 2. The average Bonchev–Trinajstić information content (AvgIpc) is 3.05. The first-order valence-corrected chi connectivity index (χ1v) is 6.82. The monoisotopic (exact) mass is 330 g/mol. The molecule has 0 saturated carbocycles. The molecule has 0 atom stereocenters. The van der Waals surface area contributed by atoms with Crippen LogP contribution < -0.4 is 16.8 Å². The maximum absolute atomic E-state index is 12.2. The Hall–Kier alpha value is -3.13. The molecule has 0 aromatic carbocycles. The molecule has 0 fully saturated rings. The van der Waals surface area contributed by atoms with Crippen LogP contribution in [0, 0.1) is 0 Å². The fourth-order valence-corrected chi connectivity index (χ4v) is 1.98. The number of nitrogens with two attached hydrogens (primary N) is 2. The minimum absolute atomic E-state index is 0.0462. The molecular weight excluding hydrogens is 320 g/mol. The van der Waals surface area contributed by atoms with Crippen LogP contribution in [0.4, 0.5) is 17.5 Å². The molecule has 0 aliphatic carbocycles. The van der Waals surface area contributed by atoms with Gasteiger partial charge in [0.25, 0.3) is 5.91 Å². The number of hydrogen-bond acceptors (Lipinski definition) is 7. The summed E-state index contributed by atoms with van der Waals surface area (Å²) in [5.74, 6) is 0.00333. The molecule has 3 aromatic heterocycles. The van der Waals surface area contributed by atoms with Gasteiger partial charge in [-0.1, -0.05) is 11.6 Å². The minimum atomic E-state index is -0.454. The van der Waals surface area contributed by atoms with E-state index in [1.807, 2.05) is 0 Å². The van der Waals surface area contributed by atoms with Gasteiger partial charge in [0, 0.05) is 6.20 Å². The van der Waals surface area contributed by atoms with Gasteiger partial charge < -0.3 is 21.2 Å². The van der Waals surface area contributed by atoms with E-state index in [0.717, 1.165) is 0 Å². The van der Waals surface area contributed by atoms with Crippen LogP contribution in [0.25, 0.3) is 11.5 Å². The minimum Gasteiger partial charge on any atom is -0.463 e. The third-order valence-electron chi connectivity index (χ3n) is 2.94. The number of nitrogens with one attached hydrogen (secondary N) is 1. The topological polar surface area (TPSA) is 133 Å². The molecule has 116 valence electrons. The second-order valence-electron chi connectivity index (χ2n) is 4.49. The van der Waals surface area contributed by atoms with E-state index in [0.29, 0.717) is 17.0 Å². The van der Waals surface area contributed by atoms with Gasteiger partial charge in [0.15, 0.2) is 11.6 Å². The van der Waals surface area contributed by atoms with Gasteiger partial charge in [0.05, 0.1) is 11.8 Å². The summed E-state index contributed by atoms with van der Waals surface area (Å²) < 4.78 is 5.25. The zero-order valence-corrected chi connectivity index (χ0v) is 12.4. The summed E-state index contributed by atoms with van der Waals surface area (Å²) >= 11 is 5.69. The molecule has 23 heavy (non-hydrogen) atoms. The van der Waals surface area contributed by atoms with Crippen LogP contribution in [-0.4, -0.2) is 20.9 Å². The number of furan rings is 1. The van der Waals surface area contributed by atoms with Crippen molar-refractivity contribution < 1.29 is 9.21 Å². The lowest BCUT2D eigenvalue weighted by molar-refractivity contribution is 0.102. The number of nitrogens with zero attached hydrogens (tertiary/aromatic N) is 3. The fourth-order valence-electron chi connectivity index (χ4n) is 1.87. The van der Waals surface area contributed by atoms with Crippen LogP contribution in [0.2, 0.25) is 5.15 Å². The largest absolute Gasteiger partial charge is 0.463 e. The number of carbonyl (C=O) groups excluding carboxylic acids is 1. The average molecular weight is 331 g/mol. The molecule has 0 saturated heterocycles. The van der Waals surface area contributed by atoms with Gasteiger partial charge in [0.1, 0.15) is 16.5 Å². The molecule has 3 rings (SSSR count). The third kappa shape index (κ3) is 3.06. The van der Waals surface area contributed by atoms with Crippen molar-refractivity contribution in [3.63, 3.8) is 0 Å². The summed E-state index contributed by atoms with van der Waals surface area (Å²) in [4.78, 5) is 24.0. The van der Waals surface area contributed by atoms with Crippen molar-refractivity contribution in [1.29, 1.82) is 0 Å². The molecule has 5 N–H and O–H groups in total. The first-order chi connectivity index (χ1) is 11.0. The van der Waals surface area contributed by atoms with Crippen LogP contribution in [0.3, 0.4) is 0 Å². The SMILES string of the molecule is Nc1nc(NC(=O)c2ccc(Cl)nc2)c(N)c(-c2ccco2)n1. The first-order valence-electron chi connectivity index (χ1n) is 6.44. The number of hydrogen-bond donors (Lipinski definition) is 3. The number of anilines is 3. The van der Waals surface area contributed by atoms with Gasteiger partial charge in [0.2, 0.25) is 5.95 Å². The van der Waals surface area contributed by atoms with Gasteiger partial charge in [-0.2, -0.15) is 4.98 Å². The van der Waals surface area contributed by atoms with Gasteiger partial charge in [-0.25, -0.2) is 9.97 Å². The number of aromatic nitrogens is 3. The van der Waals surface area contributed by atoms with Gasteiger partial charge in [-0.05, 0) is 24.3 Å². The van der Waals surface area contributed by atoms with E-state index in [2.05, 4.69) is 20.3 Å². The Bertz CT molecular complexity index is 848. The highest BCUT2D eigenvalue weighted by atomic mass is 35.5.